The molecular formula is C16H16ClFN2S. The number of benzene rings is 2. The van der Waals surface area contributed by atoms with Gasteiger partial charge in [0.2, 0.25) is 0 Å². The summed E-state index contributed by atoms with van der Waals surface area (Å²) >= 11 is 11.0. The van der Waals surface area contributed by atoms with E-state index in [1.807, 2.05) is 24.3 Å². The van der Waals surface area contributed by atoms with Gasteiger partial charge < -0.3 is 10.6 Å². The monoisotopic (exact) mass is 322 g/mol. The SMILES string of the molecule is Fc1ccc(CCNC(=S)NCc2ccc(Cl)cc2)cc1. The largest absolute Gasteiger partial charge is 0.362 e. The third-order valence-corrected chi connectivity index (χ3v) is 3.52. The van der Waals surface area contributed by atoms with E-state index in [4.69, 9.17) is 23.8 Å². The van der Waals surface area contributed by atoms with Crippen molar-refractivity contribution in [1.29, 1.82) is 0 Å². The van der Waals surface area contributed by atoms with Gasteiger partial charge in [0.05, 0.1) is 0 Å². The summed E-state index contributed by atoms with van der Waals surface area (Å²) in [5, 5.41) is 7.58. The van der Waals surface area contributed by atoms with Crippen molar-refractivity contribution in [3.8, 4) is 0 Å². The maximum atomic E-state index is 12.8. The molecule has 2 N–H and O–H groups in total. The Morgan fingerprint density at radius 1 is 0.952 bits per heavy atom. The molecule has 0 heterocycles. The molecule has 2 aromatic carbocycles. The molecule has 2 nitrogen and oxygen atoms in total. The number of thiocarbonyl (C=S) groups is 1. The summed E-state index contributed by atoms with van der Waals surface area (Å²) in [7, 11) is 0. The first-order valence-electron chi connectivity index (χ1n) is 6.64. The molecule has 0 atom stereocenters. The summed E-state index contributed by atoms with van der Waals surface area (Å²) < 4.78 is 12.8. The Hall–Kier alpha value is -1.65. The summed E-state index contributed by atoms with van der Waals surface area (Å²) in [6, 6.07) is 14.1. The Morgan fingerprint density at radius 2 is 1.57 bits per heavy atom. The second kappa shape index (κ2) is 7.96. The van der Waals surface area contributed by atoms with Crippen molar-refractivity contribution in [2.24, 2.45) is 0 Å². The molecule has 0 unspecified atom stereocenters. The minimum absolute atomic E-state index is 0.216. The van der Waals surface area contributed by atoms with Crippen molar-refractivity contribution in [2.45, 2.75) is 13.0 Å². The fraction of sp³-hybridized carbons (Fsp3) is 0.188. The van der Waals surface area contributed by atoms with Gasteiger partial charge in [-0.1, -0.05) is 35.9 Å². The van der Waals surface area contributed by atoms with Gasteiger partial charge in [0, 0.05) is 18.1 Å². The number of halogens is 2. The topological polar surface area (TPSA) is 24.1 Å². The zero-order valence-electron chi connectivity index (χ0n) is 11.4. The first kappa shape index (κ1) is 15.7. The molecule has 0 amide bonds. The van der Waals surface area contributed by atoms with Gasteiger partial charge in [0.25, 0.3) is 0 Å². The van der Waals surface area contributed by atoms with Crippen molar-refractivity contribution in [2.75, 3.05) is 6.54 Å². The van der Waals surface area contributed by atoms with Gasteiger partial charge in [0.15, 0.2) is 5.11 Å². The van der Waals surface area contributed by atoms with Gasteiger partial charge in [-0.2, -0.15) is 0 Å². The minimum atomic E-state index is -0.216. The molecule has 0 saturated heterocycles. The Morgan fingerprint density at radius 3 is 2.24 bits per heavy atom. The van der Waals surface area contributed by atoms with Gasteiger partial charge in [-0.3, -0.25) is 0 Å². The maximum absolute atomic E-state index is 12.8. The second-order valence-electron chi connectivity index (χ2n) is 4.61. The van der Waals surface area contributed by atoms with E-state index < -0.39 is 0 Å². The van der Waals surface area contributed by atoms with Crippen LogP contribution in [-0.4, -0.2) is 11.7 Å². The highest BCUT2D eigenvalue weighted by molar-refractivity contribution is 7.80. The summed E-state index contributed by atoms with van der Waals surface area (Å²) in [4.78, 5) is 0. The fourth-order valence-corrected chi connectivity index (χ4v) is 2.12. The van der Waals surface area contributed by atoms with Gasteiger partial charge in [0.1, 0.15) is 5.82 Å². The molecule has 0 bridgehead atoms. The smallest absolute Gasteiger partial charge is 0.166 e. The second-order valence-corrected chi connectivity index (χ2v) is 5.46. The van der Waals surface area contributed by atoms with E-state index in [0.717, 1.165) is 22.6 Å². The zero-order valence-corrected chi connectivity index (χ0v) is 13.0. The molecule has 110 valence electrons. The predicted molar refractivity (Wildman–Crippen MR) is 89.0 cm³/mol. The van der Waals surface area contributed by atoms with Crippen LogP contribution in [0.1, 0.15) is 11.1 Å². The number of nitrogens with one attached hydrogen (secondary N) is 2. The normalized spacial score (nSPS) is 10.2. The molecule has 2 aromatic rings. The number of rotatable bonds is 5. The van der Waals surface area contributed by atoms with Crippen molar-refractivity contribution < 1.29 is 4.39 Å². The first-order valence-corrected chi connectivity index (χ1v) is 7.43. The van der Waals surface area contributed by atoms with Crippen LogP contribution in [0.5, 0.6) is 0 Å². The average Bonchev–Trinajstić information content (AvgIpc) is 2.49. The molecule has 0 spiro atoms. The number of hydrogen-bond donors (Lipinski definition) is 2. The summed E-state index contributed by atoms with van der Waals surface area (Å²) in [6.07, 6.45) is 0.795. The molecule has 2 rings (SSSR count). The quantitative estimate of drug-likeness (QED) is 0.821. The highest BCUT2D eigenvalue weighted by atomic mass is 35.5. The van der Waals surface area contributed by atoms with Crippen LogP contribution < -0.4 is 10.6 Å². The Bertz CT molecular complexity index is 584. The van der Waals surface area contributed by atoms with Crippen molar-refractivity contribution in [1.82, 2.24) is 10.6 Å². The molecule has 0 saturated carbocycles. The van der Waals surface area contributed by atoms with E-state index in [-0.39, 0.29) is 5.82 Å². The van der Waals surface area contributed by atoms with E-state index in [1.165, 1.54) is 12.1 Å². The van der Waals surface area contributed by atoms with Gasteiger partial charge in [-0.05, 0) is 54.0 Å². The van der Waals surface area contributed by atoms with E-state index in [0.29, 0.717) is 18.2 Å². The van der Waals surface area contributed by atoms with Crippen LogP contribution in [0, 0.1) is 5.82 Å². The molecule has 0 aliphatic carbocycles. The van der Waals surface area contributed by atoms with Crippen LogP contribution in [0.25, 0.3) is 0 Å². The van der Waals surface area contributed by atoms with Crippen LogP contribution in [0.15, 0.2) is 48.5 Å². The summed E-state index contributed by atoms with van der Waals surface area (Å²) in [6.45, 7) is 1.36. The Labute approximate surface area is 134 Å². The van der Waals surface area contributed by atoms with Gasteiger partial charge >= 0.3 is 0 Å². The van der Waals surface area contributed by atoms with Crippen LogP contribution >= 0.6 is 23.8 Å². The fourth-order valence-electron chi connectivity index (χ4n) is 1.82. The number of hydrogen-bond acceptors (Lipinski definition) is 1. The summed E-state index contributed by atoms with van der Waals surface area (Å²) in [5.74, 6) is -0.216. The summed E-state index contributed by atoms with van der Waals surface area (Å²) in [5.41, 5.74) is 2.19. The van der Waals surface area contributed by atoms with Crippen LogP contribution in [-0.2, 0) is 13.0 Å². The molecule has 5 heteroatoms. The average molecular weight is 323 g/mol. The Kier molecular flexibility index (Phi) is 5.96. The van der Waals surface area contributed by atoms with E-state index in [1.54, 1.807) is 12.1 Å². The zero-order chi connectivity index (χ0) is 15.1. The van der Waals surface area contributed by atoms with E-state index >= 15 is 0 Å². The molecule has 21 heavy (non-hydrogen) atoms. The molecular weight excluding hydrogens is 307 g/mol. The molecule has 0 aromatic heterocycles. The molecule has 0 aliphatic rings. The highest BCUT2D eigenvalue weighted by Gasteiger charge is 1.98. The molecule has 0 fully saturated rings. The standard InChI is InChI=1S/C16H16ClFN2S/c17-14-5-1-13(2-6-14)11-20-16(21)19-10-9-12-3-7-15(18)8-4-12/h1-8H,9-11H2,(H2,19,20,21). The van der Waals surface area contributed by atoms with Crippen LogP contribution in [0.3, 0.4) is 0 Å². The van der Waals surface area contributed by atoms with Gasteiger partial charge in [-0.25, -0.2) is 4.39 Å². The van der Waals surface area contributed by atoms with Crippen molar-refractivity contribution >= 4 is 28.9 Å². The maximum Gasteiger partial charge on any atom is 0.166 e. The third kappa shape index (κ3) is 5.69. The lowest BCUT2D eigenvalue weighted by Crippen LogP contribution is -2.35. The van der Waals surface area contributed by atoms with Crippen LogP contribution in [0.2, 0.25) is 5.02 Å². The van der Waals surface area contributed by atoms with Crippen LogP contribution in [0.4, 0.5) is 4.39 Å². The van der Waals surface area contributed by atoms with Gasteiger partial charge in [-0.15, -0.1) is 0 Å². The first-order chi connectivity index (χ1) is 10.1. The molecule has 0 aliphatic heterocycles. The van der Waals surface area contributed by atoms with Crippen molar-refractivity contribution in [3.05, 3.63) is 70.5 Å². The lowest BCUT2D eigenvalue weighted by atomic mass is 10.1. The van der Waals surface area contributed by atoms with E-state index in [9.17, 15) is 4.39 Å². The minimum Gasteiger partial charge on any atom is -0.362 e. The third-order valence-electron chi connectivity index (χ3n) is 2.98. The molecule has 0 radical (unpaired) electrons. The highest BCUT2D eigenvalue weighted by Crippen LogP contribution is 2.09. The van der Waals surface area contributed by atoms with Crippen molar-refractivity contribution in [3.63, 3.8) is 0 Å². The Balaban J connectivity index is 1.67. The lowest BCUT2D eigenvalue weighted by molar-refractivity contribution is 0.627. The lowest BCUT2D eigenvalue weighted by Gasteiger charge is -2.10. The predicted octanol–water partition coefficient (Wildman–Crippen LogP) is 3.69. The van der Waals surface area contributed by atoms with E-state index in [2.05, 4.69) is 10.6 Å².